The third-order valence-electron chi connectivity index (χ3n) is 6.13. The average Bonchev–Trinajstić information content (AvgIpc) is 3.13. The summed E-state index contributed by atoms with van der Waals surface area (Å²) < 4.78 is 38.7. The zero-order valence-corrected chi connectivity index (χ0v) is 22.2. The topological polar surface area (TPSA) is 154 Å². The van der Waals surface area contributed by atoms with E-state index in [-0.39, 0.29) is 24.4 Å². The Bertz CT molecular complexity index is 1170. The van der Waals surface area contributed by atoms with Gasteiger partial charge >= 0.3 is 0 Å². The lowest BCUT2D eigenvalue weighted by atomic mass is 9.82. The van der Waals surface area contributed by atoms with Gasteiger partial charge in [-0.3, -0.25) is 9.98 Å². The number of benzene rings is 1. The van der Waals surface area contributed by atoms with Gasteiger partial charge in [0.1, 0.15) is 18.5 Å². The standard InChI is InChI=1S/C23H34N6O4S2/c1-13-14(6-5-7-35(30,31)29-23(2,3)4)8-19(28-21-20(13)26-11-27-22(21)25)34-18-10-17-16(9-15(18)24)32-12-33-17/h9-10,13-14,21,29H,5-8,11-12,24H2,1-4H3,(H2,25,27). The lowest BCUT2D eigenvalue weighted by Crippen LogP contribution is -2.42. The molecule has 0 bridgehead atoms. The summed E-state index contributed by atoms with van der Waals surface area (Å²) in [5, 5.41) is 0.860. The summed E-state index contributed by atoms with van der Waals surface area (Å²) in [5.41, 5.74) is 13.5. The third-order valence-corrected chi connectivity index (χ3v) is 8.96. The number of nitrogens with zero attached hydrogens (tertiary/aromatic N) is 3. The van der Waals surface area contributed by atoms with Gasteiger partial charge in [0, 0.05) is 34.0 Å². The Hall–Kier alpha value is -2.31. The summed E-state index contributed by atoms with van der Waals surface area (Å²) in [6.45, 7) is 8.11. The van der Waals surface area contributed by atoms with E-state index in [1.54, 1.807) is 6.07 Å². The van der Waals surface area contributed by atoms with Crippen molar-refractivity contribution >= 4 is 44.1 Å². The van der Waals surface area contributed by atoms with Crippen molar-refractivity contribution in [2.45, 2.75) is 63.4 Å². The molecule has 12 heteroatoms. The van der Waals surface area contributed by atoms with Crippen molar-refractivity contribution in [1.82, 2.24) is 4.72 Å². The number of nitrogen functional groups attached to an aromatic ring is 1. The molecule has 0 saturated heterocycles. The van der Waals surface area contributed by atoms with Crippen LogP contribution < -0.4 is 25.7 Å². The highest BCUT2D eigenvalue weighted by Crippen LogP contribution is 2.42. The SMILES string of the molecule is CC1C2=NCN=C(N)C2N=C(Sc2cc3c(cc2N)OCO3)CC1CCCS(=O)(=O)NC(C)(C)C. The van der Waals surface area contributed by atoms with Crippen molar-refractivity contribution in [3.8, 4) is 11.5 Å². The molecular weight excluding hydrogens is 488 g/mol. The Labute approximate surface area is 211 Å². The first-order valence-corrected chi connectivity index (χ1v) is 14.2. The van der Waals surface area contributed by atoms with Gasteiger partial charge in [0.05, 0.1) is 10.8 Å². The fourth-order valence-corrected chi connectivity index (χ4v) is 7.15. The molecule has 3 heterocycles. The fraction of sp³-hybridized carbons (Fsp3) is 0.609. The van der Waals surface area contributed by atoms with E-state index in [0.29, 0.717) is 49.0 Å². The minimum Gasteiger partial charge on any atom is -0.454 e. The molecule has 3 unspecified atom stereocenters. The van der Waals surface area contributed by atoms with Gasteiger partial charge in [0.25, 0.3) is 0 Å². The van der Waals surface area contributed by atoms with Gasteiger partial charge in [-0.2, -0.15) is 0 Å². The van der Waals surface area contributed by atoms with E-state index in [4.69, 9.17) is 25.9 Å². The van der Waals surface area contributed by atoms with E-state index in [1.165, 1.54) is 11.8 Å². The molecule has 35 heavy (non-hydrogen) atoms. The molecule has 3 atom stereocenters. The molecule has 5 N–H and O–H groups in total. The van der Waals surface area contributed by atoms with Gasteiger partial charge in [0.2, 0.25) is 16.8 Å². The van der Waals surface area contributed by atoms with Crippen LogP contribution in [0.5, 0.6) is 11.5 Å². The number of hydrogen-bond acceptors (Lipinski definition) is 10. The van der Waals surface area contributed by atoms with Crippen LogP contribution in [0.1, 0.15) is 47.0 Å². The monoisotopic (exact) mass is 522 g/mol. The lowest BCUT2D eigenvalue weighted by Gasteiger charge is -2.27. The van der Waals surface area contributed by atoms with E-state index < -0.39 is 21.6 Å². The van der Waals surface area contributed by atoms with Gasteiger partial charge < -0.3 is 20.9 Å². The number of nitrogens with one attached hydrogen (secondary N) is 1. The number of thioether (sulfide) groups is 1. The Morgan fingerprint density at radius 1 is 1.17 bits per heavy atom. The first-order chi connectivity index (χ1) is 16.4. The Balaban J connectivity index is 1.54. The maximum atomic E-state index is 12.5. The molecule has 0 radical (unpaired) electrons. The van der Waals surface area contributed by atoms with E-state index in [1.807, 2.05) is 26.8 Å². The summed E-state index contributed by atoms with van der Waals surface area (Å²) >= 11 is 1.47. The van der Waals surface area contributed by atoms with E-state index >= 15 is 0 Å². The summed E-state index contributed by atoms with van der Waals surface area (Å²) in [6, 6.07) is 3.22. The summed E-state index contributed by atoms with van der Waals surface area (Å²) in [6.07, 6.45) is 1.91. The first-order valence-electron chi connectivity index (χ1n) is 11.7. The number of amidine groups is 1. The molecule has 0 amide bonds. The molecule has 3 aliphatic rings. The van der Waals surface area contributed by atoms with Crippen molar-refractivity contribution in [2.24, 2.45) is 32.5 Å². The molecule has 4 rings (SSSR count). The maximum Gasteiger partial charge on any atom is 0.231 e. The summed E-state index contributed by atoms with van der Waals surface area (Å²) in [4.78, 5) is 14.7. The van der Waals surface area contributed by atoms with Gasteiger partial charge in [-0.05, 0) is 51.9 Å². The largest absolute Gasteiger partial charge is 0.454 e. The van der Waals surface area contributed by atoms with Gasteiger partial charge in [0.15, 0.2) is 11.5 Å². The number of aliphatic imine (C=N–C) groups is 3. The molecule has 3 aliphatic heterocycles. The highest BCUT2D eigenvalue weighted by atomic mass is 32.2. The van der Waals surface area contributed by atoms with Crippen molar-refractivity contribution in [1.29, 1.82) is 0 Å². The maximum absolute atomic E-state index is 12.5. The van der Waals surface area contributed by atoms with Crippen LogP contribution in [0.25, 0.3) is 0 Å². The van der Waals surface area contributed by atoms with E-state index in [9.17, 15) is 8.42 Å². The average molecular weight is 523 g/mol. The Kier molecular flexibility index (Phi) is 7.35. The molecule has 1 aromatic carbocycles. The highest BCUT2D eigenvalue weighted by molar-refractivity contribution is 8.14. The number of rotatable bonds is 6. The van der Waals surface area contributed by atoms with Crippen LogP contribution in [-0.2, 0) is 10.0 Å². The van der Waals surface area contributed by atoms with E-state index in [2.05, 4.69) is 21.6 Å². The summed E-state index contributed by atoms with van der Waals surface area (Å²) in [7, 11) is -3.37. The molecule has 0 spiro atoms. The minimum atomic E-state index is -3.37. The molecule has 0 saturated carbocycles. The minimum absolute atomic E-state index is 0.0712. The van der Waals surface area contributed by atoms with E-state index in [0.717, 1.165) is 15.7 Å². The number of anilines is 1. The number of ether oxygens (including phenoxy) is 2. The zero-order valence-electron chi connectivity index (χ0n) is 20.6. The molecule has 192 valence electrons. The second-order valence-electron chi connectivity index (χ2n) is 10.1. The molecule has 10 nitrogen and oxygen atoms in total. The van der Waals surface area contributed by atoms with Crippen LogP contribution in [0.4, 0.5) is 5.69 Å². The lowest BCUT2D eigenvalue weighted by molar-refractivity contribution is 0.174. The van der Waals surface area contributed by atoms with Crippen molar-refractivity contribution in [3.05, 3.63) is 12.1 Å². The second kappa shape index (κ2) is 9.98. The third kappa shape index (κ3) is 6.28. The molecule has 0 aliphatic carbocycles. The molecular formula is C23H34N6O4S2. The van der Waals surface area contributed by atoms with Crippen LogP contribution in [0.2, 0.25) is 0 Å². The van der Waals surface area contributed by atoms with Gasteiger partial charge in [-0.25, -0.2) is 18.1 Å². The Morgan fingerprint density at radius 2 is 1.89 bits per heavy atom. The van der Waals surface area contributed by atoms with Crippen LogP contribution in [0.15, 0.2) is 32.0 Å². The predicted octanol–water partition coefficient (Wildman–Crippen LogP) is 2.78. The predicted molar refractivity (Wildman–Crippen MR) is 141 cm³/mol. The number of nitrogens with two attached hydrogens (primary N) is 2. The van der Waals surface area contributed by atoms with Crippen molar-refractivity contribution < 1.29 is 17.9 Å². The van der Waals surface area contributed by atoms with Crippen LogP contribution in [0, 0.1) is 11.8 Å². The number of hydrogen-bond donors (Lipinski definition) is 3. The second-order valence-corrected chi connectivity index (χ2v) is 13.1. The molecule has 0 aromatic heterocycles. The molecule has 0 fully saturated rings. The fourth-order valence-electron chi connectivity index (χ4n) is 4.52. The smallest absolute Gasteiger partial charge is 0.231 e. The van der Waals surface area contributed by atoms with Crippen LogP contribution in [0.3, 0.4) is 0 Å². The highest BCUT2D eigenvalue weighted by Gasteiger charge is 2.36. The van der Waals surface area contributed by atoms with Crippen molar-refractivity contribution in [3.63, 3.8) is 0 Å². The Morgan fingerprint density at radius 3 is 2.60 bits per heavy atom. The summed E-state index contributed by atoms with van der Waals surface area (Å²) in [5.74, 6) is 2.04. The first kappa shape index (κ1) is 25.8. The van der Waals surface area contributed by atoms with Crippen molar-refractivity contribution in [2.75, 3.05) is 24.9 Å². The van der Waals surface area contributed by atoms with Gasteiger partial charge in [-0.15, -0.1) is 0 Å². The molecule has 1 aromatic rings. The van der Waals surface area contributed by atoms with Gasteiger partial charge in [-0.1, -0.05) is 18.7 Å². The normalized spacial score (nSPS) is 24.2. The van der Waals surface area contributed by atoms with Crippen LogP contribution >= 0.6 is 11.8 Å². The quantitative estimate of drug-likeness (QED) is 0.485. The number of fused-ring (bicyclic) bond motifs is 2. The number of sulfonamides is 1. The van der Waals surface area contributed by atoms with Crippen LogP contribution in [-0.4, -0.2) is 55.8 Å². The zero-order chi connectivity index (χ0) is 25.4.